The first kappa shape index (κ1) is 17.1. The fourth-order valence-electron chi connectivity index (χ4n) is 1.86. The minimum absolute atomic E-state index is 0.00458. The number of carboxylic acid groups (broad SMARTS) is 1. The number of nitrogens with one attached hydrogen (secondary N) is 1. The second-order valence-corrected chi connectivity index (χ2v) is 5.67. The van der Waals surface area contributed by atoms with Gasteiger partial charge in [0, 0.05) is 13.0 Å². The predicted molar refractivity (Wildman–Crippen MR) is 78.4 cm³/mol. The number of aliphatic carboxylic acids is 1. The van der Waals surface area contributed by atoms with Gasteiger partial charge < -0.3 is 10.4 Å². The number of carbonyl (C=O) groups is 2. The monoisotopic (exact) mass is 295 g/mol. The van der Waals surface area contributed by atoms with Crippen molar-refractivity contribution < 1.29 is 19.1 Å². The summed E-state index contributed by atoms with van der Waals surface area (Å²) in [6.45, 7) is 6.07. The molecule has 0 radical (unpaired) electrons. The molecule has 0 aliphatic heterocycles. The number of amides is 1. The summed E-state index contributed by atoms with van der Waals surface area (Å²) in [7, 11) is 0. The molecule has 1 aromatic rings. The zero-order valence-electron chi connectivity index (χ0n) is 12.6. The highest BCUT2D eigenvalue weighted by atomic mass is 19.1. The van der Waals surface area contributed by atoms with Crippen LogP contribution in [0.1, 0.15) is 38.7 Å². The van der Waals surface area contributed by atoms with E-state index >= 15 is 0 Å². The second-order valence-electron chi connectivity index (χ2n) is 5.67. The van der Waals surface area contributed by atoms with E-state index in [0.29, 0.717) is 17.9 Å². The molecule has 2 atom stereocenters. The number of carbonyl (C=O) groups excluding carboxylic acids is 1. The highest BCUT2D eigenvalue weighted by Gasteiger charge is 2.21. The molecular formula is C16H22FNO3. The highest BCUT2D eigenvalue weighted by Crippen LogP contribution is 2.17. The number of hydrogen-bond acceptors (Lipinski definition) is 2. The van der Waals surface area contributed by atoms with E-state index in [1.807, 2.05) is 20.8 Å². The van der Waals surface area contributed by atoms with Gasteiger partial charge in [-0.1, -0.05) is 32.9 Å². The Morgan fingerprint density at radius 1 is 1.19 bits per heavy atom. The Labute approximate surface area is 124 Å². The second kappa shape index (κ2) is 7.76. The normalized spacial score (nSPS) is 13.8. The lowest BCUT2D eigenvalue weighted by Crippen LogP contribution is -2.33. The van der Waals surface area contributed by atoms with Crippen LogP contribution in [0.15, 0.2) is 24.3 Å². The van der Waals surface area contributed by atoms with Gasteiger partial charge in [-0.2, -0.15) is 0 Å². The van der Waals surface area contributed by atoms with Gasteiger partial charge in [0.25, 0.3) is 0 Å². The number of hydrogen-bond donors (Lipinski definition) is 2. The Hall–Kier alpha value is -1.91. The van der Waals surface area contributed by atoms with Crippen molar-refractivity contribution in [3.05, 3.63) is 35.6 Å². The SMILES string of the molecule is CC(C)C(C)CC(=O)NCC(C(=O)O)c1ccc(F)cc1. The van der Waals surface area contributed by atoms with Crippen LogP contribution in [-0.2, 0) is 9.59 Å². The van der Waals surface area contributed by atoms with Crippen molar-refractivity contribution in [3.63, 3.8) is 0 Å². The van der Waals surface area contributed by atoms with E-state index in [2.05, 4.69) is 5.32 Å². The molecule has 0 aliphatic carbocycles. The summed E-state index contributed by atoms with van der Waals surface area (Å²) in [6.07, 6.45) is 0.368. The lowest BCUT2D eigenvalue weighted by Gasteiger charge is -2.17. The summed E-state index contributed by atoms with van der Waals surface area (Å²) in [6, 6.07) is 5.29. The lowest BCUT2D eigenvalue weighted by molar-refractivity contribution is -0.138. The molecule has 21 heavy (non-hydrogen) atoms. The van der Waals surface area contributed by atoms with Gasteiger partial charge in [0.2, 0.25) is 5.91 Å². The van der Waals surface area contributed by atoms with Gasteiger partial charge >= 0.3 is 5.97 Å². The topological polar surface area (TPSA) is 66.4 Å². The third-order valence-electron chi connectivity index (χ3n) is 3.72. The minimum atomic E-state index is -1.04. The van der Waals surface area contributed by atoms with E-state index in [9.17, 15) is 19.1 Å². The Morgan fingerprint density at radius 2 is 1.76 bits per heavy atom. The Morgan fingerprint density at radius 3 is 2.24 bits per heavy atom. The van der Waals surface area contributed by atoms with Crippen LogP contribution in [0.25, 0.3) is 0 Å². The summed E-state index contributed by atoms with van der Waals surface area (Å²) >= 11 is 0. The number of benzene rings is 1. The van der Waals surface area contributed by atoms with Gasteiger partial charge in [-0.15, -0.1) is 0 Å². The molecule has 4 nitrogen and oxygen atoms in total. The maximum atomic E-state index is 12.9. The maximum absolute atomic E-state index is 12.9. The van der Waals surface area contributed by atoms with Crippen LogP contribution in [0.4, 0.5) is 4.39 Å². The van der Waals surface area contributed by atoms with Crippen LogP contribution in [0.2, 0.25) is 0 Å². The van der Waals surface area contributed by atoms with E-state index in [4.69, 9.17) is 0 Å². The van der Waals surface area contributed by atoms with Gasteiger partial charge in [-0.3, -0.25) is 9.59 Å². The van der Waals surface area contributed by atoms with Crippen LogP contribution in [-0.4, -0.2) is 23.5 Å². The fourth-order valence-corrected chi connectivity index (χ4v) is 1.86. The summed E-state index contributed by atoms with van der Waals surface area (Å²) < 4.78 is 12.9. The molecule has 0 aromatic heterocycles. The minimum Gasteiger partial charge on any atom is -0.481 e. The first-order chi connectivity index (χ1) is 9.81. The van der Waals surface area contributed by atoms with Crippen LogP contribution < -0.4 is 5.32 Å². The molecule has 0 aliphatic rings. The van der Waals surface area contributed by atoms with Crippen molar-refractivity contribution in [1.29, 1.82) is 0 Å². The lowest BCUT2D eigenvalue weighted by atomic mass is 9.94. The van der Waals surface area contributed by atoms with Gasteiger partial charge in [0.05, 0.1) is 5.92 Å². The predicted octanol–water partition coefficient (Wildman–Crippen LogP) is 2.79. The zero-order chi connectivity index (χ0) is 16.0. The largest absolute Gasteiger partial charge is 0.481 e. The first-order valence-electron chi connectivity index (χ1n) is 7.06. The molecule has 0 saturated carbocycles. The van der Waals surface area contributed by atoms with E-state index in [1.54, 1.807) is 0 Å². The standard InChI is InChI=1S/C16H22FNO3/c1-10(2)11(3)8-15(19)18-9-14(16(20)21)12-4-6-13(17)7-5-12/h4-7,10-11,14H,8-9H2,1-3H3,(H,18,19)(H,20,21). The molecule has 0 saturated heterocycles. The first-order valence-corrected chi connectivity index (χ1v) is 7.06. The fraction of sp³-hybridized carbons (Fsp3) is 0.500. The average molecular weight is 295 g/mol. The van der Waals surface area contributed by atoms with Gasteiger partial charge in [0.15, 0.2) is 0 Å². The highest BCUT2D eigenvalue weighted by molar-refractivity contribution is 5.79. The molecule has 0 heterocycles. The molecular weight excluding hydrogens is 273 g/mol. The van der Waals surface area contributed by atoms with Gasteiger partial charge in [-0.05, 0) is 29.5 Å². The molecule has 0 fully saturated rings. The number of halogens is 1. The quantitative estimate of drug-likeness (QED) is 0.813. The van der Waals surface area contributed by atoms with Crippen molar-refractivity contribution >= 4 is 11.9 Å². The van der Waals surface area contributed by atoms with E-state index in [0.717, 1.165) is 0 Å². The van der Waals surface area contributed by atoms with Gasteiger partial charge in [-0.25, -0.2) is 4.39 Å². The van der Waals surface area contributed by atoms with Crippen molar-refractivity contribution in [3.8, 4) is 0 Å². The molecule has 0 spiro atoms. The van der Waals surface area contributed by atoms with Crippen LogP contribution in [0.5, 0.6) is 0 Å². The summed E-state index contributed by atoms with van der Waals surface area (Å²) in [5, 5.41) is 11.9. The summed E-state index contributed by atoms with van der Waals surface area (Å²) in [4.78, 5) is 23.1. The molecule has 0 bridgehead atoms. The maximum Gasteiger partial charge on any atom is 0.312 e. The van der Waals surface area contributed by atoms with Crippen molar-refractivity contribution in [1.82, 2.24) is 5.32 Å². The zero-order valence-corrected chi connectivity index (χ0v) is 12.6. The summed E-state index contributed by atoms with van der Waals surface area (Å²) in [5.74, 6) is -1.87. The smallest absolute Gasteiger partial charge is 0.312 e. The molecule has 1 aromatic carbocycles. The molecule has 5 heteroatoms. The van der Waals surface area contributed by atoms with Crippen molar-refractivity contribution in [2.24, 2.45) is 11.8 Å². The number of rotatable bonds is 7. The molecule has 2 unspecified atom stereocenters. The molecule has 2 N–H and O–H groups in total. The Bertz CT molecular complexity index is 485. The average Bonchev–Trinajstić information content (AvgIpc) is 2.40. The van der Waals surface area contributed by atoms with Crippen molar-refractivity contribution in [2.75, 3.05) is 6.54 Å². The third-order valence-corrected chi connectivity index (χ3v) is 3.72. The Kier molecular flexibility index (Phi) is 6.34. The van der Waals surface area contributed by atoms with Crippen LogP contribution in [0.3, 0.4) is 0 Å². The van der Waals surface area contributed by atoms with E-state index < -0.39 is 17.7 Å². The summed E-state index contributed by atoms with van der Waals surface area (Å²) in [5.41, 5.74) is 0.473. The molecule has 1 rings (SSSR count). The molecule has 116 valence electrons. The third kappa shape index (κ3) is 5.53. The van der Waals surface area contributed by atoms with Crippen LogP contribution in [0, 0.1) is 17.7 Å². The number of carboxylic acids is 1. The van der Waals surface area contributed by atoms with E-state index in [-0.39, 0.29) is 18.4 Å². The van der Waals surface area contributed by atoms with Crippen molar-refractivity contribution in [2.45, 2.75) is 33.1 Å². The van der Waals surface area contributed by atoms with E-state index in [1.165, 1.54) is 24.3 Å². The molecule has 1 amide bonds. The Balaban J connectivity index is 2.62. The van der Waals surface area contributed by atoms with Crippen LogP contribution >= 0.6 is 0 Å². The van der Waals surface area contributed by atoms with Gasteiger partial charge in [0.1, 0.15) is 5.82 Å².